The lowest BCUT2D eigenvalue weighted by Crippen LogP contribution is -2.57. The summed E-state index contributed by atoms with van der Waals surface area (Å²) in [6.45, 7) is 8.25. The highest BCUT2D eigenvalue weighted by atomic mass is 16.5. The molecule has 1 N–H and O–H groups in total. The highest BCUT2D eigenvalue weighted by Gasteiger charge is 2.42. The second kappa shape index (κ2) is 7.11. The number of nitrogens with zero attached hydrogens (tertiary/aromatic N) is 2. The van der Waals surface area contributed by atoms with Crippen LogP contribution in [0.3, 0.4) is 0 Å². The minimum absolute atomic E-state index is 0.0932. The van der Waals surface area contributed by atoms with E-state index in [1.165, 1.54) is 0 Å². The Bertz CT molecular complexity index is 767. The van der Waals surface area contributed by atoms with Crippen molar-refractivity contribution in [3.8, 4) is 5.75 Å². The number of aryl methyl sites for hydroxylation is 1. The van der Waals surface area contributed by atoms with Gasteiger partial charge in [0, 0.05) is 6.54 Å². The number of rotatable bonds is 4. The minimum Gasteiger partial charge on any atom is -0.486 e. The van der Waals surface area contributed by atoms with E-state index in [2.05, 4.69) is 5.16 Å². The molecule has 140 valence electrons. The molecule has 2 aromatic rings. The van der Waals surface area contributed by atoms with E-state index in [9.17, 15) is 9.90 Å². The van der Waals surface area contributed by atoms with Crippen LogP contribution in [0.5, 0.6) is 5.75 Å². The van der Waals surface area contributed by atoms with Crippen molar-refractivity contribution in [3.05, 3.63) is 47.3 Å². The number of aromatic nitrogens is 1. The molecule has 0 radical (unpaired) electrons. The first-order valence-corrected chi connectivity index (χ1v) is 8.99. The zero-order valence-electron chi connectivity index (χ0n) is 15.7. The summed E-state index contributed by atoms with van der Waals surface area (Å²) in [4.78, 5) is 14.8. The predicted molar refractivity (Wildman–Crippen MR) is 97.3 cm³/mol. The number of aliphatic hydroxyl groups is 1. The number of benzene rings is 1. The number of ether oxygens (including phenoxy) is 1. The van der Waals surface area contributed by atoms with Crippen LogP contribution in [0.4, 0.5) is 0 Å². The van der Waals surface area contributed by atoms with Crippen molar-refractivity contribution in [1.82, 2.24) is 10.1 Å². The Morgan fingerprint density at radius 3 is 2.73 bits per heavy atom. The quantitative estimate of drug-likeness (QED) is 0.909. The van der Waals surface area contributed by atoms with E-state index in [4.69, 9.17) is 9.26 Å². The standard InChI is InChI=1S/C20H26N2O4/c1-13(2)18-17(14(3)26-21-18)19(23)22-11-10-20(4,24)16(12-22)25-15-8-6-5-7-9-15/h5-9,13,16,24H,10-12H2,1-4H3/t16-,20-/m1/s1. The Morgan fingerprint density at radius 1 is 1.38 bits per heavy atom. The Hall–Kier alpha value is -2.34. The maximum atomic E-state index is 13.1. The van der Waals surface area contributed by atoms with Crippen molar-refractivity contribution in [2.75, 3.05) is 13.1 Å². The van der Waals surface area contributed by atoms with Gasteiger partial charge in [0.1, 0.15) is 28.8 Å². The van der Waals surface area contributed by atoms with Crippen LogP contribution in [0.25, 0.3) is 0 Å². The van der Waals surface area contributed by atoms with Gasteiger partial charge in [-0.1, -0.05) is 37.2 Å². The highest BCUT2D eigenvalue weighted by Crippen LogP contribution is 2.29. The molecule has 0 spiro atoms. The highest BCUT2D eigenvalue weighted by molar-refractivity contribution is 5.96. The van der Waals surface area contributed by atoms with E-state index in [1.54, 1.807) is 18.7 Å². The van der Waals surface area contributed by atoms with Crippen molar-refractivity contribution < 1.29 is 19.2 Å². The van der Waals surface area contributed by atoms with E-state index in [0.29, 0.717) is 42.3 Å². The zero-order valence-corrected chi connectivity index (χ0v) is 15.7. The van der Waals surface area contributed by atoms with Gasteiger partial charge in [-0.2, -0.15) is 0 Å². The van der Waals surface area contributed by atoms with Crippen LogP contribution in [-0.4, -0.2) is 45.9 Å². The van der Waals surface area contributed by atoms with Crippen LogP contribution in [0, 0.1) is 6.92 Å². The summed E-state index contributed by atoms with van der Waals surface area (Å²) in [5.74, 6) is 1.17. The van der Waals surface area contributed by atoms with E-state index in [-0.39, 0.29) is 11.8 Å². The second-order valence-electron chi connectivity index (χ2n) is 7.43. The third-order valence-corrected chi connectivity index (χ3v) is 4.93. The van der Waals surface area contributed by atoms with Crippen LogP contribution < -0.4 is 4.74 Å². The van der Waals surface area contributed by atoms with Crippen molar-refractivity contribution in [2.45, 2.75) is 51.7 Å². The Kier molecular flexibility index (Phi) is 5.05. The van der Waals surface area contributed by atoms with E-state index >= 15 is 0 Å². The number of carbonyl (C=O) groups is 1. The normalized spacial score (nSPS) is 23.3. The first kappa shape index (κ1) is 18.5. The predicted octanol–water partition coefficient (Wildman–Crippen LogP) is 3.15. The number of carbonyl (C=O) groups excluding carboxylic acids is 1. The molecule has 6 nitrogen and oxygen atoms in total. The molecule has 2 atom stereocenters. The molecule has 1 aromatic carbocycles. The molecule has 1 fully saturated rings. The van der Waals surface area contributed by atoms with Crippen molar-refractivity contribution in [1.29, 1.82) is 0 Å². The lowest BCUT2D eigenvalue weighted by molar-refractivity contribution is -0.0881. The lowest BCUT2D eigenvalue weighted by atomic mass is 9.89. The van der Waals surface area contributed by atoms with Gasteiger partial charge in [-0.25, -0.2) is 0 Å². The minimum atomic E-state index is -1.00. The molecule has 0 unspecified atom stereocenters. The molecular weight excluding hydrogens is 332 g/mol. The number of amides is 1. The summed E-state index contributed by atoms with van der Waals surface area (Å²) in [5, 5.41) is 14.8. The van der Waals surface area contributed by atoms with Gasteiger partial charge < -0.3 is 19.3 Å². The van der Waals surface area contributed by atoms with Crippen molar-refractivity contribution in [3.63, 3.8) is 0 Å². The largest absolute Gasteiger partial charge is 0.486 e. The number of piperidine rings is 1. The summed E-state index contributed by atoms with van der Waals surface area (Å²) in [5.41, 5.74) is 0.197. The van der Waals surface area contributed by atoms with E-state index in [1.807, 2.05) is 44.2 Å². The smallest absolute Gasteiger partial charge is 0.259 e. The molecule has 6 heteroatoms. The summed E-state index contributed by atoms with van der Waals surface area (Å²) < 4.78 is 11.2. The number of hydrogen-bond acceptors (Lipinski definition) is 5. The molecule has 1 amide bonds. The molecule has 1 saturated heterocycles. The van der Waals surface area contributed by atoms with Gasteiger partial charge in [0.15, 0.2) is 0 Å². The molecule has 26 heavy (non-hydrogen) atoms. The first-order valence-electron chi connectivity index (χ1n) is 8.99. The first-order chi connectivity index (χ1) is 12.3. The van der Waals surface area contributed by atoms with Crippen molar-refractivity contribution >= 4 is 5.91 Å². The van der Waals surface area contributed by atoms with Crippen molar-refractivity contribution in [2.24, 2.45) is 0 Å². The molecule has 0 aliphatic carbocycles. The molecule has 1 aromatic heterocycles. The van der Waals surface area contributed by atoms with Gasteiger partial charge in [-0.3, -0.25) is 4.79 Å². The number of para-hydroxylation sites is 1. The zero-order chi connectivity index (χ0) is 18.9. The van der Waals surface area contributed by atoms with Gasteiger partial charge in [-0.05, 0) is 38.3 Å². The monoisotopic (exact) mass is 358 g/mol. The summed E-state index contributed by atoms with van der Waals surface area (Å²) in [6, 6.07) is 9.36. The molecule has 2 heterocycles. The third kappa shape index (κ3) is 3.60. The maximum absolute atomic E-state index is 13.1. The van der Waals surface area contributed by atoms with E-state index in [0.717, 1.165) is 0 Å². The van der Waals surface area contributed by atoms with Crippen LogP contribution in [0.15, 0.2) is 34.9 Å². The SMILES string of the molecule is Cc1onc(C(C)C)c1C(=O)N1CC[C@@](C)(O)[C@H](Oc2ccccc2)C1. The fraction of sp³-hybridized carbons (Fsp3) is 0.500. The fourth-order valence-electron chi connectivity index (χ4n) is 3.22. The molecule has 1 aliphatic heterocycles. The average molecular weight is 358 g/mol. The average Bonchev–Trinajstić information content (AvgIpc) is 2.99. The topological polar surface area (TPSA) is 75.8 Å². The van der Waals surface area contributed by atoms with Gasteiger partial charge in [0.05, 0.1) is 12.2 Å². The van der Waals surface area contributed by atoms with Gasteiger partial charge in [0.2, 0.25) is 0 Å². The fourth-order valence-corrected chi connectivity index (χ4v) is 3.22. The van der Waals surface area contributed by atoms with Crippen LogP contribution in [-0.2, 0) is 0 Å². The molecule has 1 aliphatic rings. The number of hydrogen-bond donors (Lipinski definition) is 1. The lowest BCUT2D eigenvalue weighted by Gasteiger charge is -2.42. The maximum Gasteiger partial charge on any atom is 0.259 e. The van der Waals surface area contributed by atoms with Crippen LogP contribution in [0.2, 0.25) is 0 Å². The van der Waals surface area contributed by atoms with Gasteiger partial charge >= 0.3 is 0 Å². The van der Waals surface area contributed by atoms with E-state index < -0.39 is 11.7 Å². The molecule has 0 bridgehead atoms. The van der Waals surface area contributed by atoms with Crippen LogP contribution >= 0.6 is 0 Å². The molecule has 3 rings (SSSR count). The van der Waals surface area contributed by atoms with Crippen LogP contribution in [0.1, 0.15) is 54.9 Å². The Balaban J connectivity index is 1.81. The second-order valence-corrected chi connectivity index (χ2v) is 7.43. The van der Waals surface area contributed by atoms with Gasteiger partial charge in [-0.15, -0.1) is 0 Å². The Labute approximate surface area is 153 Å². The third-order valence-electron chi connectivity index (χ3n) is 4.93. The molecular formula is C20H26N2O4. The number of likely N-dealkylation sites (tertiary alicyclic amines) is 1. The van der Waals surface area contributed by atoms with Gasteiger partial charge in [0.25, 0.3) is 5.91 Å². The molecule has 0 saturated carbocycles. The summed E-state index contributed by atoms with van der Waals surface area (Å²) >= 11 is 0. The Morgan fingerprint density at radius 2 is 2.08 bits per heavy atom. The summed E-state index contributed by atoms with van der Waals surface area (Å²) in [7, 11) is 0. The summed E-state index contributed by atoms with van der Waals surface area (Å²) in [6.07, 6.45) is -0.0670.